The Bertz CT molecular complexity index is 331. The predicted octanol–water partition coefficient (Wildman–Crippen LogP) is 3.25. The largest absolute Gasteiger partial charge is 0.416 e. The van der Waals surface area contributed by atoms with E-state index in [0.29, 0.717) is 18.5 Å². The van der Waals surface area contributed by atoms with E-state index in [0.717, 1.165) is 6.07 Å². The maximum Gasteiger partial charge on any atom is 0.416 e. The molecule has 0 atom stereocenters. The molecule has 0 saturated heterocycles. The molecule has 0 heterocycles. The van der Waals surface area contributed by atoms with Crippen molar-refractivity contribution in [1.82, 2.24) is 5.32 Å². The van der Waals surface area contributed by atoms with Crippen molar-refractivity contribution in [1.29, 1.82) is 0 Å². The third-order valence-electron chi connectivity index (χ3n) is 2.27. The van der Waals surface area contributed by atoms with Gasteiger partial charge < -0.3 is 5.32 Å². The van der Waals surface area contributed by atoms with Gasteiger partial charge in [0.05, 0.1) is 5.56 Å². The summed E-state index contributed by atoms with van der Waals surface area (Å²) in [7, 11) is 0. The van der Waals surface area contributed by atoms with Crippen LogP contribution in [0.5, 0.6) is 0 Å². The molecule has 16 heavy (non-hydrogen) atoms. The molecule has 0 aliphatic rings. The molecule has 0 aliphatic carbocycles. The van der Waals surface area contributed by atoms with Crippen LogP contribution in [0.15, 0.2) is 24.3 Å². The molecule has 0 bridgehead atoms. The van der Waals surface area contributed by atoms with Gasteiger partial charge in [0.15, 0.2) is 0 Å². The van der Waals surface area contributed by atoms with Gasteiger partial charge in [0, 0.05) is 6.04 Å². The number of benzene rings is 1. The van der Waals surface area contributed by atoms with E-state index in [1.807, 2.05) is 13.8 Å². The Morgan fingerprint density at radius 3 is 2.38 bits per heavy atom. The van der Waals surface area contributed by atoms with Crippen molar-refractivity contribution in [3.63, 3.8) is 0 Å². The lowest BCUT2D eigenvalue weighted by Gasteiger charge is -2.13. The number of hydrogen-bond donors (Lipinski definition) is 1. The Kier molecular flexibility index (Phi) is 4.35. The van der Waals surface area contributed by atoms with Gasteiger partial charge in [-0.1, -0.05) is 32.0 Å². The van der Waals surface area contributed by atoms with Gasteiger partial charge in [-0.3, -0.25) is 0 Å². The molecule has 0 aromatic heterocycles. The maximum absolute atomic E-state index is 12.6. The van der Waals surface area contributed by atoms with E-state index in [-0.39, 0.29) is 6.04 Å². The van der Waals surface area contributed by atoms with Gasteiger partial charge >= 0.3 is 6.18 Å². The first kappa shape index (κ1) is 13.0. The molecule has 1 N–H and O–H groups in total. The molecule has 4 heteroatoms. The zero-order valence-corrected chi connectivity index (χ0v) is 9.43. The number of rotatable bonds is 4. The van der Waals surface area contributed by atoms with Crippen LogP contribution in [0.1, 0.15) is 25.0 Å². The van der Waals surface area contributed by atoms with Gasteiger partial charge in [-0.2, -0.15) is 13.2 Å². The molecule has 0 spiro atoms. The summed E-state index contributed by atoms with van der Waals surface area (Å²) >= 11 is 0. The lowest BCUT2D eigenvalue weighted by atomic mass is 10.0. The second-order valence-corrected chi connectivity index (χ2v) is 4.01. The highest BCUT2D eigenvalue weighted by molar-refractivity contribution is 5.29. The minimum atomic E-state index is -4.26. The zero-order chi connectivity index (χ0) is 12.2. The molecule has 1 rings (SSSR count). The standard InChI is InChI=1S/C12H16F3N/c1-9(2)16-8-7-10-5-3-4-6-11(10)12(13,14)15/h3-6,9,16H,7-8H2,1-2H3. The Morgan fingerprint density at radius 2 is 1.81 bits per heavy atom. The fraction of sp³-hybridized carbons (Fsp3) is 0.500. The topological polar surface area (TPSA) is 12.0 Å². The van der Waals surface area contributed by atoms with Crippen LogP contribution in [-0.4, -0.2) is 12.6 Å². The van der Waals surface area contributed by atoms with Crippen LogP contribution in [0.4, 0.5) is 13.2 Å². The van der Waals surface area contributed by atoms with Gasteiger partial charge in [0.1, 0.15) is 0 Å². The summed E-state index contributed by atoms with van der Waals surface area (Å²) in [5, 5.41) is 3.11. The summed E-state index contributed by atoms with van der Waals surface area (Å²) in [6.45, 7) is 4.50. The molecule has 0 aliphatic heterocycles. The van der Waals surface area contributed by atoms with Crippen molar-refractivity contribution in [3.8, 4) is 0 Å². The van der Waals surface area contributed by atoms with E-state index in [9.17, 15) is 13.2 Å². The number of halogens is 3. The summed E-state index contributed by atoms with van der Waals surface area (Å²) in [4.78, 5) is 0. The number of alkyl halides is 3. The fourth-order valence-electron chi connectivity index (χ4n) is 1.51. The Labute approximate surface area is 93.7 Å². The first-order chi connectivity index (χ1) is 7.41. The highest BCUT2D eigenvalue weighted by atomic mass is 19.4. The molecule has 0 saturated carbocycles. The third-order valence-corrected chi connectivity index (χ3v) is 2.27. The van der Waals surface area contributed by atoms with Crippen molar-refractivity contribution in [2.75, 3.05) is 6.54 Å². The van der Waals surface area contributed by atoms with E-state index in [1.165, 1.54) is 12.1 Å². The van der Waals surface area contributed by atoms with Crippen molar-refractivity contribution >= 4 is 0 Å². The average Bonchev–Trinajstić information content (AvgIpc) is 2.16. The van der Waals surface area contributed by atoms with E-state index < -0.39 is 11.7 Å². The van der Waals surface area contributed by atoms with E-state index in [2.05, 4.69) is 5.32 Å². The van der Waals surface area contributed by atoms with Gasteiger partial charge in [0.2, 0.25) is 0 Å². The first-order valence-electron chi connectivity index (χ1n) is 5.29. The minimum Gasteiger partial charge on any atom is -0.314 e. The van der Waals surface area contributed by atoms with Crippen molar-refractivity contribution in [3.05, 3.63) is 35.4 Å². The monoisotopic (exact) mass is 231 g/mol. The van der Waals surface area contributed by atoms with Crippen molar-refractivity contribution < 1.29 is 13.2 Å². The molecule has 1 aromatic rings. The normalized spacial score (nSPS) is 12.1. The Morgan fingerprint density at radius 1 is 1.19 bits per heavy atom. The fourth-order valence-corrected chi connectivity index (χ4v) is 1.51. The van der Waals surface area contributed by atoms with Crippen LogP contribution in [0.25, 0.3) is 0 Å². The molecule has 1 aromatic carbocycles. The SMILES string of the molecule is CC(C)NCCc1ccccc1C(F)(F)F. The Balaban J connectivity index is 2.72. The highest BCUT2D eigenvalue weighted by Crippen LogP contribution is 2.31. The van der Waals surface area contributed by atoms with Gasteiger partial charge in [-0.05, 0) is 24.6 Å². The molecule has 1 nitrogen and oxygen atoms in total. The summed E-state index contributed by atoms with van der Waals surface area (Å²) in [5.74, 6) is 0. The minimum absolute atomic E-state index is 0.290. The van der Waals surface area contributed by atoms with Gasteiger partial charge in [-0.25, -0.2) is 0 Å². The zero-order valence-electron chi connectivity index (χ0n) is 9.43. The summed E-state index contributed by atoms with van der Waals surface area (Å²) in [5.41, 5.74) is -0.177. The molecule has 0 fully saturated rings. The van der Waals surface area contributed by atoms with E-state index in [4.69, 9.17) is 0 Å². The van der Waals surface area contributed by atoms with Crippen LogP contribution in [0, 0.1) is 0 Å². The van der Waals surface area contributed by atoms with Crippen LogP contribution in [0.2, 0.25) is 0 Å². The number of hydrogen-bond acceptors (Lipinski definition) is 1. The molecular weight excluding hydrogens is 215 g/mol. The summed E-state index contributed by atoms with van der Waals surface area (Å²) in [6, 6.07) is 6.01. The van der Waals surface area contributed by atoms with Crippen LogP contribution in [0.3, 0.4) is 0 Å². The first-order valence-corrected chi connectivity index (χ1v) is 5.29. The summed E-state index contributed by atoms with van der Waals surface area (Å²) < 4.78 is 37.8. The number of nitrogens with one attached hydrogen (secondary N) is 1. The van der Waals surface area contributed by atoms with Gasteiger partial charge in [0.25, 0.3) is 0 Å². The van der Waals surface area contributed by atoms with Crippen molar-refractivity contribution in [2.24, 2.45) is 0 Å². The lowest BCUT2D eigenvalue weighted by molar-refractivity contribution is -0.138. The molecule has 90 valence electrons. The van der Waals surface area contributed by atoms with Gasteiger partial charge in [-0.15, -0.1) is 0 Å². The third kappa shape index (κ3) is 3.85. The smallest absolute Gasteiger partial charge is 0.314 e. The summed E-state index contributed by atoms with van der Waals surface area (Å²) in [6.07, 6.45) is -3.86. The second kappa shape index (κ2) is 5.34. The van der Waals surface area contributed by atoms with E-state index in [1.54, 1.807) is 6.07 Å². The van der Waals surface area contributed by atoms with Crippen molar-refractivity contribution in [2.45, 2.75) is 32.5 Å². The molecule has 0 radical (unpaired) electrons. The molecule has 0 amide bonds. The van der Waals surface area contributed by atoms with E-state index >= 15 is 0 Å². The average molecular weight is 231 g/mol. The molecule has 0 unspecified atom stereocenters. The maximum atomic E-state index is 12.6. The lowest BCUT2D eigenvalue weighted by Crippen LogP contribution is -2.25. The second-order valence-electron chi connectivity index (χ2n) is 4.01. The predicted molar refractivity (Wildman–Crippen MR) is 58.3 cm³/mol. The van der Waals surface area contributed by atoms with Crippen LogP contribution >= 0.6 is 0 Å². The quantitative estimate of drug-likeness (QED) is 0.838. The van der Waals surface area contributed by atoms with Crippen LogP contribution in [-0.2, 0) is 12.6 Å². The highest BCUT2D eigenvalue weighted by Gasteiger charge is 2.32. The molecular formula is C12H16F3N. The van der Waals surface area contributed by atoms with Crippen LogP contribution < -0.4 is 5.32 Å². The Hall–Kier alpha value is -1.03.